The Labute approximate surface area is 136 Å². The summed E-state index contributed by atoms with van der Waals surface area (Å²) >= 11 is 0. The molecule has 0 N–H and O–H groups in total. The van der Waals surface area contributed by atoms with Crippen LogP contribution in [0, 0.1) is 11.8 Å². The number of hydrogen-bond donors (Lipinski definition) is 0. The van der Waals surface area contributed by atoms with Crippen molar-refractivity contribution in [3.8, 4) is 0 Å². The lowest BCUT2D eigenvalue weighted by atomic mass is 9.84. The summed E-state index contributed by atoms with van der Waals surface area (Å²) in [6.07, 6.45) is -0.408. The predicted molar refractivity (Wildman–Crippen MR) is 84.2 cm³/mol. The van der Waals surface area contributed by atoms with Crippen molar-refractivity contribution in [3.05, 3.63) is 48.6 Å². The molecule has 5 heteroatoms. The molecule has 0 saturated carbocycles. The highest BCUT2D eigenvalue weighted by Crippen LogP contribution is 2.42. The lowest BCUT2D eigenvalue weighted by Crippen LogP contribution is -2.56. The van der Waals surface area contributed by atoms with Gasteiger partial charge in [-0.15, -0.1) is 6.58 Å². The van der Waals surface area contributed by atoms with Crippen LogP contribution < -0.4 is 0 Å². The van der Waals surface area contributed by atoms with Crippen LogP contribution in [0.4, 0.5) is 8.78 Å². The summed E-state index contributed by atoms with van der Waals surface area (Å²) in [4.78, 5) is 0. The molecule has 0 bridgehead atoms. The van der Waals surface area contributed by atoms with Crippen molar-refractivity contribution < 1.29 is 23.0 Å². The van der Waals surface area contributed by atoms with Crippen molar-refractivity contribution in [2.24, 2.45) is 11.8 Å². The average Bonchev–Trinajstić information content (AvgIpc) is 2.55. The normalized spacial score (nSPS) is 30.1. The van der Waals surface area contributed by atoms with Gasteiger partial charge in [0.25, 0.3) is 5.92 Å². The van der Waals surface area contributed by atoms with Gasteiger partial charge in [0.05, 0.1) is 19.8 Å². The molecule has 128 valence electrons. The summed E-state index contributed by atoms with van der Waals surface area (Å²) < 4.78 is 45.3. The van der Waals surface area contributed by atoms with E-state index < -0.39 is 30.2 Å². The fourth-order valence-corrected chi connectivity index (χ4v) is 2.62. The van der Waals surface area contributed by atoms with Gasteiger partial charge in [0.2, 0.25) is 0 Å². The molecule has 0 unspecified atom stereocenters. The van der Waals surface area contributed by atoms with Gasteiger partial charge in [0, 0.05) is 11.8 Å². The summed E-state index contributed by atoms with van der Waals surface area (Å²) in [6, 6.07) is 9.44. The lowest BCUT2D eigenvalue weighted by molar-refractivity contribution is -0.315. The predicted octanol–water partition coefficient (Wildman–Crippen LogP) is 4.04. The van der Waals surface area contributed by atoms with E-state index in [0.717, 1.165) is 5.56 Å². The number of ether oxygens (including phenoxy) is 3. The largest absolute Gasteiger partial charge is 0.374 e. The van der Waals surface area contributed by atoms with Crippen LogP contribution in [0.25, 0.3) is 0 Å². The van der Waals surface area contributed by atoms with E-state index in [-0.39, 0.29) is 19.8 Å². The number of alkyl halides is 2. The molecule has 0 amide bonds. The van der Waals surface area contributed by atoms with Gasteiger partial charge in [0.15, 0.2) is 6.29 Å². The summed E-state index contributed by atoms with van der Waals surface area (Å²) in [7, 11) is 0. The minimum absolute atomic E-state index is 0.174. The third-order valence-electron chi connectivity index (χ3n) is 4.31. The zero-order valence-electron chi connectivity index (χ0n) is 13.6. The zero-order chi connectivity index (χ0) is 16.9. The van der Waals surface area contributed by atoms with Crippen LogP contribution in [-0.4, -0.2) is 31.5 Å². The minimum atomic E-state index is -2.95. The Kier molecular flexibility index (Phi) is 6.27. The third-order valence-corrected chi connectivity index (χ3v) is 4.31. The van der Waals surface area contributed by atoms with E-state index in [0.29, 0.717) is 0 Å². The van der Waals surface area contributed by atoms with Gasteiger partial charge in [-0.3, -0.25) is 0 Å². The van der Waals surface area contributed by atoms with E-state index in [1.165, 1.54) is 6.92 Å². The minimum Gasteiger partial charge on any atom is -0.374 e. The van der Waals surface area contributed by atoms with Gasteiger partial charge in [-0.25, -0.2) is 8.78 Å². The van der Waals surface area contributed by atoms with Crippen molar-refractivity contribution in [1.82, 2.24) is 0 Å². The Bertz CT molecular complexity index is 492. The Morgan fingerprint density at radius 2 is 1.96 bits per heavy atom. The molecular weight excluding hydrogens is 302 g/mol. The van der Waals surface area contributed by atoms with E-state index in [4.69, 9.17) is 14.2 Å². The van der Waals surface area contributed by atoms with Crippen LogP contribution in [0.5, 0.6) is 0 Å². The molecule has 0 aromatic heterocycles. The first-order valence-corrected chi connectivity index (χ1v) is 7.84. The van der Waals surface area contributed by atoms with Crippen molar-refractivity contribution in [2.75, 3.05) is 13.2 Å². The molecular formula is C18H24F2O3. The molecule has 1 saturated heterocycles. The summed E-state index contributed by atoms with van der Waals surface area (Å²) in [6.45, 7) is 7.18. The molecule has 1 heterocycles. The fourth-order valence-electron chi connectivity index (χ4n) is 2.62. The molecule has 3 nitrogen and oxygen atoms in total. The second kappa shape index (κ2) is 7.99. The second-order valence-corrected chi connectivity index (χ2v) is 5.94. The van der Waals surface area contributed by atoms with Crippen LogP contribution in [-0.2, 0) is 20.8 Å². The molecule has 0 spiro atoms. The van der Waals surface area contributed by atoms with Crippen molar-refractivity contribution in [2.45, 2.75) is 38.8 Å². The first-order chi connectivity index (χ1) is 11.0. The second-order valence-electron chi connectivity index (χ2n) is 5.94. The standard InChI is InChI=1S/C18H24F2O3/c1-4-10-22-17-13(2)14(3)18(19,20)16(23-17)12-21-11-15-8-6-5-7-9-15/h4-9,13-14,16-17H,1,10-12H2,2-3H3/t13-,14-,16-,17+/m1/s1. The number of rotatable bonds is 7. The summed E-state index contributed by atoms with van der Waals surface area (Å²) in [5.41, 5.74) is 0.937. The quantitative estimate of drug-likeness (QED) is 0.708. The first-order valence-electron chi connectivity index (χ1n) is 7.84. The molecule has 0 aliphatic carbocycles. The maximum atomic E-state index is 14.5. The van der Waals surface area contributed by atoms with E-state index in [1.54, 1.807) is 13.0 Å². The van der Waals surface area contributed by atoms with Crippen LogP contribution in [0.2, 0.25) is 0 Å². The smallest absolute Gasteiger partial charge is 0.279 e. The zero-order valence-corrected chi connectivity index (χ0v) is 13.6. The molecule has 23 heavy (non-hydrogen) atoms. The molecule has 1 fully saturated rings. The highest BCUT2D eigenvalue weighted by molar-refractivity contribution is 5.13. The maximum Gasteiger partial charge on any atom is 0.279 e. The van der Waals surface area contributed by atoms with Crippen molar-refractivity contribution >= 4 is 0 Å². The van der Waals surface area contributed by atoms with Gasteiger partial charge in [0.1, 0.15) is 6.10 Å². The van der Waals surface area contributed by atoms with Crippen LogP contribution in [0.1, 0.15) is 19.4 Å². The van der Waals surface area contributed by atoms with Gasteiger partial charge in [-0.2, -0.15) is 0 Å². The van der Waals surface area contributed by atoms with Gasteiger partial charge < -0.3 is 14.2 Å². The Morgan fingerprint density at radius 3 is 2.61 bits per heavy atom. The molecule has 1 aromatic rings. The van der Waals surface area contributed by atoms with Crippen molar-refractivity contribution in [3.63, 3.8) is 0 Å². The molecule has 2 rings (SSSR count). The van der Waals surface area contributed by atoms with Gasteiger partial charge >= 0.3 is 0 Å². The number of benzene rings is 1. The third kappa shape index (κ3) is 4.37. The molecule has 1 aromatic carbocycles. The summed E-state index contributed by atoms with van der Waals surface area (Å²) in [5.74, 6) is -4.21. The Morgan fingerprint density at radius 1 is 1.26 bits per heavy atom. The van der Waals surface area contributed by atoms with E-state index in [9.17, 15) is 8.78 Å². The molecule has 1 aliphatic heterocycles. The van der Waals surface area contributed by atoms with E-state index in [1.807, 2.05) is 30.3 Å². The van der Waals surface area contributed by atoms with Gasteiger partial charge in [-0.1, -0.05) is 50.3 Å². The van der Waals surface area contributed by atoms with E-state index in [2.05, 4.69) is 6.58 Å². The number of halogens is 2. The fraction of sp³-hybridized carbons (Fsp3) is 0.556. The van der Waals surface area contributed by atoms with Crippen LogP contribution in [0.3, 0.4) is 0 Å². The average molecular weight is 326 g/mol. The number of hydrogen-bond acceptors (Lipinski definition) is 3. The van der Waals surface area contributed by atoms with Gasteiger partial charge in [-0.05, 0) is 5.56 Å². The molecule has 0 radical (unpaired) electrons. The highest BCUT2D eigenvalue weighted by Gasteiger charge is 2.54. The maximum absolute atomic E-state index is 14.5. The monoisotopic (exact) mass is 326 g/mol. The topological polar surface area (TPSA) is 27.7 Å². The lowest BCUT2D eigenvalue weighted by Gasteiger charge is -2.44. The van der Waals surface area contributed by atoms with Crippen molar-refractivity contribution in [1.29, 1.82) is 0 Å². The first kappa shape index (κ1) is 18.0. The molecule has 1 aliphatic rings. The Balaban J connectivity index is 1.95. The summed E-state index contributed by atoms with van der Waals surface area (Å²) in [5, 5.41) is 0. The SMILES string of the molecule is C=CCO[C@H]1O[C@H](COCc2ccccc2)C(F)(F)[C@H](C)[C@H]1C. The highest BCUT2D eigenvalue weighted by atomic mass is 19.3. The van der Waals surface area contributed by atoms with Crippen LogP contribution >= 0.6 is 0 Å². The van der Waals surface area contributed by atoms with Crippen LogP contribution in [0.15, 0.2) is 43.0 Å². The molecule has 4 atom stereocenters. The Hall–Kier alpha value is -1.30. The van der Waals surface area contributed by atoms with E-state index >= 15 is 0 Å².